The standard InChI is InChI=1S/C20H32O2.C19H30O2.C17H28O2.C17H30O2.C16H26O2.C16H28O2/c1-5-19(3,4)18(21)22-20(6-2)11-14-10-15(20)17-13-8-7-12(9-13)16(14)17;1-4-11(3)18(20)21-19(5-2)10-14-9-15(19)17-13-7-6-12(8-13)16(14)17;1-5-16(2,3)15(18)19-17(4)10-11-9-14(17)13-8-6-7-12(11)13;1-5-16(2,3)15(18)19-17(4)12-8-10-13-9-6-7-11-14(13)17;1-4-10(2)15(17)18-16(3)9-11-8-14(16)13-7-5-6-12(11)13;1-4-12(2)15(17)18-16(3)11-7-9-13-8-5-6-10-14(13)16/h12-17H,5-11H2,1-4H3;11-17H,4-10H2,1-3H3;11-14H,5-10H2,1-4H3;13-14H,5-12H2,1-4H3;10-14H,4-9H2,1-3H3;12-14H,4-11H2,1-3H3. The van der Waals surface area contributed by atoms with Crippen LogP contribution in [0.1, 0.15) is 415 Å². The van der Waals surface area contributed by atoms with Crippen LogP contribution in [-0.2, 0) is 57.2 Å². The van der Waals surface area contributed by atoms with Crippen molar-refractivity contribution in [3.8, 4) is 0 Å². The minimum atomic E-state index is -0.343. The maximum Gasteiger partial charge on any atom is 0.312 e. The van der Waals surface area contributed by atoms with Gasteiger partial charge in [-0.2, -0.15) is 0 Å². The number of carbonyl (C=O) groups excluding carboxylic acids is 6. The molecule has 12 nitrogen and oxygen atoms in total. The molecule has 666 valence electrons. The van der Waals surface area contributed by atoms with Gasteiger partial charge in [-0.05, 0) is 394 Å². The fourth-order valence-electron chi connectivity index (χ4n) is 31.3. The normalized spacial score (nSPS) is 44.4. The van der Waals surface area contributed by atoms with Gasteiger partial charge in [0.05, 0.1) is 34.0 Å². The van der Waals surface area contributed by atoms with E-state index >= 15 is 0 Å². The minimum absolute atomic E-state index is 0.00345. The Morgan fingerprint density at radius 3 is 1.00 bits per heavy atom. The molecule has 18 aliphatic carbocycles. The molecule has 0 spiro atoms. The van der Waals surface area contributed by atoms with E-state index in [1.54, 1.807) is 0 Å². The molecule has 18 rings (SSSR count). The predicted molar refractivity (Wildman–Crippen MR) is 468 cm³/mol. The summed E-state index contributed by atoms with van der Waals surface area (Å²) in [5.41, 5.74) is -1.92. The van der Waals surface area contributed by atoms with E-state index in [1.807, 2.05) is 62.3 Å². The molecule has 0 saturated heterocycles. The highest BCUT2D eigenvalue weighted by Crippen LogP contribution is 2.73. The summed E-state index contributed by atoms with van der Waals surface area (Å²) in [4.78, 5) is 74.1. The zero-order chi connectivity index (χ0) is 84.5. The van der Waals surface area contributed by atoms with Crippen LogP contribution in [0.15, 0.2) is 0 Å². The van der Waals surface area contributed by atoms with Crippen LogP contribution in [0.5, 0.6) is 0 Å². The molecular formula is C105H174O12. The minimum Gasteiger partial charge on any atom is -0.459 e. The molecule has 117 heavy (non-hydrogen) atoms. The molecule has 18 saturated carbocycles. The lowest BCUT2D eigenvalue weighted by Crippen LogP contribution is -2.49. The quantitative estimate of drug-likeness (QED) is 0.0646. The van der Waals surface area contributed by atoms with Gasteiger partial charge in [0.2, 0.25) is 0 Å². The number of rotatable bonds is 20. The Bertz CT molecular complexity index is 3420. The first-order valence-electron chi connectivity index (χ1n) is 50.8. The van der Waals surface area contributed by atoms with E-state index in [-0.39, 0.29) is 103 Å². The summed E-state index contributed by atoms with van der Waals surface area (Å²) in [5, 5.41) is 0. The van der Waals surface area contributed by atoms with Gasteiger partial charge in [-0.15, -0.1) is 0 Å². The van der Waals surface area contributed by atoms with Crippen LogP contribution in [0.4, 0.5) is 0 Å². The Morgan fingerprint density at radius 2 is 0.607 bits per heavy atom. The van der Waals surface area contributed by atoms with Crippen LogP contribution in [0.3, 0.4) is 0 Å². The lowest BCUT2D eigenvalue weighted by Gasteiger charge is -2.48. The van der Waals surface area contributed by atoms with Crippen molar-refractivity contribution in [1.82, 2.24) is 0 Å². The van der Waals surface area contributed by atoms with E-state index in [9.17, 15) is 28.8 Å². The van der Waals surface area contributed by atoms with Gasteiger partial charge >= 0.3 is 35.8 Å². The first-order valence-corrected chi connectivity index (χ1v) is 50.8. The van der Waals surface area contributed by atoms with E-state index in [0.717, 1.165) is 190 Å². The largest absolute Gasteiger partial charge is 0.459 e. The molecule has 12 bridgehead atoms. The smallest absolute Gasteiger partial charge is 0.312 e. The molecule has 0 aromatic heterocycles. The number of esters is 6. The van der Waals surface area contributed by atoms with Crippen LogP contribution >= 0.6 is 0 Å². The van der Waals surface area contributed by atoms with E-state index in [1.165, 1.54) is 186 Å². The highest BCUT2D eigenvalue weighted by atomic mass is 16.6. The number of hydrogen-bond acceptors (Lipinski definition) is 12. The summed E-state index contributed by atoms with van der Waals surface area (Å²) < 4.78 is 36.6. The first kappa shape index (κ1) is 91.5. The fourth-order valence-corrected chi connectivity index (χ4v) is 31.3. The molecule has 0 aliphatic heterocycles. The Balaban J connectivity index is 0.000000122. The molecule has 0 radical (unpaired) electrons. The van der Waals surface area contributed by atoms with Crippen molar-refractivity contribution >= 4 is 35.8 Å². The number of ether oxygens (including phenoxy) is 6. The second-order valence-corrected chi connectivity index (χ2v) is 47.0. The van der Waals surface area contributed by atoms with Gasteiger partial charge in [0.1, 0.15) is 33.6 Å². The second kappa shape index (κ2) is 36.0. The van der Waals surface area contributed by atoms with Crippen molar-refractivity contribution in [2.24, 2.45) is 176 Å². The molecule has 33 atom stereocenters. The predicted octanol–water partition coefficient (Wildman–Crippen LogP) is 26.3. The summed E-state index contributed by atoms with van der Waals surface area (Å²) in [6.45, 7) is 43.7. The van der Waals surface area contributed by atoms with E-state index < -0.39 is 0 Å². The van der Waals surface area contributed by atoms with Crippen LogP contribution in [0, 0.1) is 176 Å². The lowest BCUT2D eigenvalue weighted by molar-refractivity contribution is -0.185. The Morgan fingerprint density at radius 1 is 0.291 bits per heavy atom. The Kier molecular flexibility index (Phi) is 28.2. The Labute approximate surface area is 713 Å². The first-order chi connectivity index (χ1) is 55.4. The summed E-state index contributed by atoms with van der Waals surface area (Å²) in [5.74, 6) is 20.5. The van der Waals surface area contributed by atoms with Crippen molar-refractivity contribution in [2.45, 2.75) is 449 Å². The molecule has 0 aromatic carbocycles. The molecule has 18 fully saturated rings. The van der Waals surface area contributed by atoms with E-state index in [4.69, 9.17) is 28.4 Å². The monoisotopic (exact) mass is 1630 g/mol. The summed E-state index contributed by atoms with van der Waals surface area (Å²) in [6, 6.07) is 0. The third kappa shape index (κ3) is 17.7. The zero-order valence-corrected chi connectivity index (χ0v) is 78.7. The molecule has 33 unspecified atom stereocenters. The second-order valence-electron chi connectivity index (χ2n) is 47.0. The lowest BCUT2D eigenvalue weighted by atomic mass is 9.63. The van der Waals surface area contributed by atoms with Gasteiger partial charge in [-0.3, -0.25) is 28.8 Å². The van der Waals surface area contributed by atoms with Crippen molar-refractivity contribution in [3.63, 3.8) is 0 Å². The molecule has 18 aliphatic rings. The average Bonchev–Trinajstić information content (AvgIpc) is 1.53. The van der Waals surface area contributed by atoms with Gasteiger partial charge in [-0.1, -0.05) is 128 Å². The topological polar surface area (TPSA) is 158 Å². The van der Waals surface area contributed by atoms with Crippen molar-refractivity contribution < 1.29 is 57.2 Å². The van der Waals surface area contributed by atoms with Crippen molar-refractivity contribution in [1.29, 1.82) is 0 Å². The summed E-state index contributed by atoms with van der Waals surface area (Å²) >= 11 is 0. The van der Waals surface area contributed by atoms with Gasteiger partial charge in [-0.25, -0.2) is 0 Å². The van der Waals surface area contributed by atoms with Gasteiger partial charge in [0, 0.05) is 35.5 Å². The molecule has 0 amide bonds. The molecule has 0 heterocycles. The Hall–Kier alpha value is -3.18. The highest BCUT2D eigenvalue weighted by molar-refractivity contribution is 5.78. The van der Waals surface area contributed by atoms with Crippen molar-refractivity contribution in [2.75, 3.05) is 0 Å². The third-order valence-corrected chi connectivity index (χ3v) is 39.7. The van der Waals surface area contributed by atoms with Crippen LogP contribution in [0.25, 0.3) is 0 Å². The number of hydrogen-bond donors (Lipinski definition) is 0. The van der Waals surface area contributed by atoms with Crippen molar-refractivity contribution in [3.05, 3.63) is 0 Å². The molecule has 12 heteroatoms. The zero-order valence-electron chi connectivity index (χ0n) is 78.7. The maximum absolute atomic E-state index is 12.7. The SMILES string of the molecule is CCC(C)(C)C(=O)OC1(C)CC2CC1C1CCCC21.CCC(C)(C)C(=O)OC1(C)CCCC2CCCCC21.CCC(C)(C)C(=O)OC1(CC)CC2CC1C1C3CCC(C3)C21.CCC(C)C(=O)OC1(C)CC2CC1C1CCCC21.CCC(C)C(=O)OC1(C)CCCC2CCCCC21.CCC(C)C(=O)OC1(CC)CC2CC1C1C3CCC(C3)C21. The highest BCUT2D eigenvalue weighted by Gasteiger charge is 2.71. The maximum atomic E-state index is 12.7. The van der Waals surface area contributed by atoms with Crippen LogP contribution < -0.4 is 0 Å². The third-order valence-electron chi connectivity index (χ3n) is 39.7. The molecular weight excluding hydrogens is 1450 g/mol. The summed E-state index contributed by atoms with van der Waals surface area (Å²) in [6.07, 6.45) is 52.2. The summed E-state index contributed by atoms with van der Waals surface area (Å²) in [7, 11) is 0. The van der Waals surface area contributed by atoms with E-state index in [0.29, 0.717) is 35.5 Å². The van der Waals surface area contributed by atoms with Gasteiger partial charge in [0.15, 0.2) is 0 Å². The van der Waals surface area contributed by atoms with Gasteiger partial charge < -0.3 is 28.4 Å². The van der Waals surface area contributed by atoms with Crippen LogP contribution in [0.2, 0.25) is 0 Å². The molecule has 0 aromatic rings. The number of fused-ring (bicyclic) bond motifs is 30. The van der Waals surface area contributed by atoms with Crippen LogP contribution in [-0.4, -0.2) is 69.4 Å². The number of carbonyl (C=O) groups is 6. The van der Waals surface area contributed by atoms with Gasteiger partial charge in [0.25, 0.3) is 0 Å². The average molecular weight is 1630 g/mol. The molecule has 0 N–H and O–H groups in total. The fraction of sp³-hybridized carbons (Fsp3) is 0.943. The van der Waals surface area contributed by atoms with E-state index in [2.05, 4.69) is 83.1 Å².